The molecule has 1 saturated heterocycles. The standard InChI is InChI=1S/C22H25ClF3N3O2/c1-15(28(2)14-16-3-6-18(23)7-4-16)21(30)27-19-13-17(22(24,25)26)5-8-20(19)29-9-11-31-12-10-29/h3-8,13,15H,9-12,14H2,1-2H3,(H,27,30). The number of nitrogens with one attached hydrogen (secondary N) is 1. The number of carbonyl (C=O) groups is 1. The van der Waals surface area contributed by atoms with Gasteiger partial charge in [-0.2, -0.15) is 13.2 Å². The Morgan fingerprint density at radius 1 is 1.19 bits per heavy atom. The second kappa shape index (κ2) is 9.89. The normalized spacial score (nSPS) is 15.8. The second-order valence-electron chi connectivity index (χ2n) is 7.54. The zero-order chi connectivity index (χ0) is 22.6. The number of morpholine rings is 1. The summed E-state index contributed by atoms with van der Waals surface area (Å²) in [5.41, 5.74) is 0.868. The van der Waals surface area contributed by atoms with Gasteiger partial charge >= 0.3 is 6.18 Å². The largest absolute Gasteiger partial charge is 0.416 e. The van der Waals surface area contributed by atoms with Crippen molar-refractivity contribution in [3.63, 3.8) is 0 Å². The third-order valence-electron chi connectivity index (χ3n) is 5.32. The van der Waals surface area contributed by atoms with E-state index in [1.807, 2.05) is 21.9 Å². The van der Waals surface area contributed by atoms with Crippen LogP contribution in [0.3, 0.4) is 0 Å². The lowest BCUT2D eigenvalue weighted by Crippen LogP contribution is -2.40. The van der Waals surface area contributed by atoms with E-state index in [4.69, 9.17) is 16.3 Å². The first-order valence-corrected chi connectivity index (χ1v) is 10.3. The van der Waals surface area contributed by atoms with E-state index < -0.39 is 17.8 Å². The van der Waals surface area contributed by atoms with Gasteiger partial charge in [-0.1, -0.05) is 23.7 Å². The number of hydrogen-bond acceptors (Lipinski definition) is 4. The summed E-state index contributed by atoms with van der Waals surface area (Å²) in [5, 5.41) is 3.33. The van der Waals surface area contributed by atoms with Crippen LogP contribution in [0.2, 0.25) is 5.02 Å². The summed E-state index contributed by atoms with van der Waals surface area (Å²) in [7, 11) is 1.79. The monoisotopic (exact) mass is 455 g/mol. The number of ether oxygens (including phenoxy) is 1. The van der Waals surface area contributed by atoms with Crippen molar-refractivity contribution in [3.8, 4) is 0 Å². The van der Waals surface area contributed by atoms with Gasteiger partial charge in [-0.15, -0.1) is 0 Å². The molecule has 1 aliphatic rings. The number of benzene rings is 2. The fraction of sp³-hybridized carbons (Fsp3) is 0.409. The average Bonchev–Trinajstić information content (AvgIpc) is 2.74. The van der Waals surface area contributed by atoms with E-state index in [2.05, 4.69) is 5.32 Å². The zero-order valence-corrected chi connectivity index (χ0v) is 18.1. The highest BCUT2D eigenvalue weighted by molar-refractivity contribution is 6.30. The molecule has 168 valence electrons. The maximum absolute atomic E-state index is 13.3. The Balaban J connectivity index is 1.78. The SMILES string of the molecule is CC(C(=O)Nc1cc(C(F)(F)F)ccc1N1CCOCC1)N(C)Cc1ccc(Cl)cc1. The lowest BCUT2D eigenvalue weighted by molar-refractivity contribution is -0.137. The van der Waals surface area contributed by atoms with E-state index in [1.165, 1.54) is 6.07 Å². The number of rotatable bonds is 6. The molecule has 1 heterocycles. The molecule has 1 unspecified atom stereocenters. The van der Waals surface area contributed by atoms with Crippen LogP contribution in [0.4, 0.5) is 24.5 Å². The molecule has 0 aromatic heterocycles. The zero-order valence-electron chi connectivity index (χ0n) is 17.4. The molecule has 0 bridgehead atoms. The Morgan fingerprint density at radius 3 is 2.45 bits per heavy atom. The third kappa shape index (κ3) is 6.12. The van der Waals surface area contributed by atoms with Gasteiger partial charge in [0.05, 0.1) is 36.2 Å². The van der Waals surface area contributed by atoms with E-state index >= 15 is 0 Å². The van der Waals surface area contributed by atoms with Gasteiger partial charge in [0.1, 0.15) is 0 Å². The van der Waals surface area contributed by atoms with Gasteiger partial charge in [0, 0.05) is 24.7 Å². The number of likely N-dealkylation sites (N-methyl/N-ethyl adjacent to an activating group) is 1. The van der Waals surface area contributed by atoms with Crippen LogP contribution in [0.5, 0.6) is 0 Å². The highest BCUT2D eigenvalue weighted by Gasteiger charge is 2.32. The summed E-state index contributed by atoms with van der Waals surface area (Å²) in [6, 6.07) is 10.2. The molecule has 2 aromatic rings. The summed E-state index contributed by atoms with van der Waals surface area (Å²) in [6.45, 7) is 4.25. The van der Waals surface area contributed by atoms with Crippen molar-refractivity contribution in [1.82, 2.24) is 4.90 Å². The number of alkyl halides is 3. The van der Waals surface area contributed by atoms with Crippen molar-refractivity contribution in [2.24, 2.45) is 0 Å². The average molecular weight is 456 g/mol. The number of hydrogen-bond donors (Lipinski definition) is 1. The van der Waals surface area contributed by atoms with Crippen molar-refractivity contribution in [2.75, 3.05) is 43.6 Å². The smallest absolute Gasteiger partial charge is 0.378 e. The number of amides is 1. The number of anilines is 2. The van der Waals surface area contributed by atoms with Crippen LogP contribution < -0.4 is 10.2 Å². The minimum atomic E-state index is -4.50. The van der Waals surface area contributed by atoms with E-state index in [0.717, 1.165) is 17.7 Å². The Morgan fingerprint density at radius 2 is 1.84 bits per heavy atom. The van der Waals surface area contributed by atoms with Crippen LogP contribution in [0.15, 0.2) is 42.5 Å². The molecule has 2 aromatic carbocycles. The van der Waals surface area contributed by atoms with Gasteiger partial charge < -0.3 is 15.0 Å². The van der Waals surface area contributed by atoms with Gasteiger partial charge in [0.2, 0.25) is 5.91 Å². The predicted molar refractivity (Wildman–Crippen MR) is 115 cm³/mol. The Kier molecular flexibility index (Phi) is 7.46. The van der Waals surface area contributed by atoms with Crippen LogP contribution in [-0.2, 0) is 22.3 Å². The molecule has 1 fully saturated rings. The molecule has 0 radical (unpaired) electrons. The molecule has 0 spiro atoms. The van der Waals surface area contributed by atoms with Gasteiger partial charge in [-0.25, -0.2) is 0 Å². The summed E-state index contributed by atoms with van der Waals surface area (Å²) >= 11 is 5.91. The maximum Gasteiger partial charge on any atom is 0.416 e. The Hall–Kier alpha value is -2.29. The summed E-state index contributed by atoms with van der Waals surface area (Å²) in [6.07, 6.45) is -4.50. The van der Waals surface area contributed by atoms with Crippen LogP contribution in [-0.4, -0.2) is 50.2 Å². The summed E-state index contributed by atoms with van der Waals surface area (Å²) < 4.78 is 45.1. The van der Waals surface area contributed by atoms with Gasteiger partial charge in [0.25, 0.3) is 0 Å². The molecule has 0 aliphatic carbocycles. The minimum Gasteiger partial charge on any atom is -0.378 e. The molecular formula is C22H25ClF3N3O2. The van der Waals surface area contributed by atoms with Crippen molar-refractivity contribution >= 4 is 28.9 Å². The summed E-state index contributed by atoms with van der Waals surface area (Å²) in [5.74, 6) is -0.384. The predicted octanol–water partition coefficient (Wildman–Crippen LogP) is 4.65. The molecule has 1 amide bonds. The van der Waals surface area contributed by atoms with Crippen LogP contribution in [0.1, 0.15) is 18.1 Å². The number of carbonyl (C=O) groups excluding carboxylic acids is 1. The minimum absolute atomic E-state index is 0.147. The van der Waals surface area contributed by atoms with E-state index in [9.17, 15) is 18.0 Å². The highest BCUT2D eigenvalue weighted by atomic mass is 35.5. The van der Waals surface area contributed by atoms with E-state index in [1.54, 1.807) is 26.1 Å². The molecule has 1 aliphatic heterocycles. The first-order chi connectivity index (χ1) is 14.6. The van der Waals surface area contributed by atoms with Crippen molar-refractivity contribution in [1.29, 1.82) is 0 Å². The number of nitrogens with zero attached hydrogens (tertiary/aromatic N) is 2. The van der Waals surface area contributed by atoms with Crippen LogP contribution in [0, 0.1) is 0 Å². The molecular weight excluding hydrogens is 431 g/mol. The van der Waals surface area contributed by atoms with Crippen molar-refractivity contribution in [3.05, 3.63) is 58.6 Å². The summed E-state index contributed by atoms with van der Waals surface area (Å²) in [4.78, 5) is 16.6. The molecule has 9 heteroatoms. The Labute approximate surface area is 184 Å². The Bertz CT molecular complexity index is 900. The fourth-order valence-electron chi connectivity index (χ4n) is 3.34. The molecule has 1 atom stereocenters. The molecule has 31 heavy (non-hydrogen) atoms. The lowest BCUT2D eigenvalue weighted by Gasteiger charge is -2.31. The van der Waals surface area contributed by atoms with Crippen molar-refractivity contribution < 1.29 is 22.7 Å². The lowest BCUT2D eigenvalue weighted by atomic mass is 10.1. The quantitative estimate of drug-likeness (QED) is 0.688. The molecule has 1 N–H and O–H groups in total. The van der Waals surface area contributed by atoms with E-state index in [0.29, 0.717) is 43.6 Å². The highest BCUT2D eigenvalue weighted by Crippen LogP contribution is 2.36. The maximum atomic E-state index is 13.3. The van der Waals surface area contributed by atoms with Gasteiger partial charge in [-0.3, -0.25) is 9.69 Å². The topological polar surface area (TPSA) is 44.8 Å². The third-order valence-corrected chi connectivity index (χ3v) is 5.57. The fourth-order valence-corrected chi connectivity index (χ4v) is 3.47. The van der Waals surface area contributed by atoms with Gasteiger partial charge in [-0.05, 0) is 49.9 Å². The van der Waals surface area contributed by atoms with Gasteiger partial charge in [0.15, 0.2) is 0 Å². The molecule has 5 nitrogen and oxygen atoms in total. The second-order valence-corrected chi connectivity index (χ2v) is 7.97. The first-order valence-electron chi connectivity index (χ1n) is 9.94. The van der Waals surface area contributed by atoms with Crippen LogP contribution >= 0.6 is 11.6 Å². The number of halogens is 4. The molecule has 3 rings (SSSR count). The van der Waals surface area contributed by atoms with E-state index in [-0.39, 0.29) is 11.6 Å². The molecule has 0 saturated carbocycles. The van der Waals surface area contributed by atoms with Crippen molar-refractivity contribution in [2.45, 2.75) is 25.7 Å². The van der Waals surface area contributed by atoms with Crippen LogP contribution in [0.25, 0.3) is 0 Å². The first kappa shape index (κ1) is 23.4.